The highest BCUT2D eigenvalue weighted by Gasteiger charge is 2.38. The van der Waals surface area contributed by atoms with Gasteiger partial charge in [0, 0.05) is 10.7 Å². The number of benzene rings is 1. The summed E-state index contributed by atoms with van der Waals surface area (Å²) >= 11 is 0. The summed E-state index contributed by atoms with van der Waals surface area (Å²) in [5, 5.41) is 0. The second-order valence-electron chi connectivity index (χ2n) is 3.06. The Hall–Kier alpha value is -0.820. The highest BCUT2D eigenvalue weighted by atomic mass is 35.7. The topological polar surface area (TPSA) is 34.1 Å². The average Bonchev–Trinajstić information content (AvgIpc) is 1.97. The first-order chi connectivity index (χ1) is 7.03. The molecule has 1 aromatic carbocycles. The van der Waals surface area contributed by atoms with Gasteiger partial charge in [-0.15, -0.1) is 0 Å². The van der Waals surface area contributed by atoms with Gasteiger partial charge in [-0.05, 0) is 24.6 Å². The van der Waals surface area contributed by atoms with Crippen molar-refractivity contribution in [3.05, 3.63) is 29.1 Å². The zero-order chi connectivity index (χ0) is 12.7. The third kappa shape index (κ3) is 2.65. The Balaban J connectivity index is 3.72. The summed E-state index contributed by atoms with van der Waals surface area (Å²) in [6, 6.07) is 1.20. The van der Waals surface area contributed by atoms with Crippen LogP contribution in [0.4, 0.5) is 17.6 Å². The smallest absolute Gasteiger partial charge is 0.207 e. The minimum atomic E-state index is -4.98. The Morgan fingerprint density at radius 1 is 1.25 bits per heavy atom. The van der Waals surface area contributed by atoms with E-state index in [4.69, 9.17) is 10.7 Å². The van der Waals surface area contributed by atoms with Gasteiger partial charge in [0.15, 0.2) is 0 Å². The monoisotopic (exact) mass is 276 g/mol. The van der Waals surface area contributed by atoms with E-state index < -0.39 is 31.5 Å². The van der Waals surface area contributed by atoms with Crippen molar-refractivity contribution in [1.82, 2.24) is 0 Å². The molecule has 0 saturated carbocycles. The standard InChI is InChI=1S/C8H5ClF4O2S/c1-4-2-5(8(11,12)13)7(6(10)3-4)16(9,14)15/h2-3H,1H3. The van der Waals surface area contributed by atoms with E-state index in [1.165, 1.54) is 6.92 Å². The third-order valence-corrected chi connectivity index (χ3v) is 3.10. The highest BCUT2D eigenvalue weighted by Crippen LogP contribution is 2.37. The molecule has 0 heterocycles. The van der Waals surface area contributed by atoms with Crippen LogP contribution in [0.1, 0.15) is 11.1 Å². The molecule has 0 unspecified atom stereocenters. The molecule has 0 atom stereocenters. The second-order valence-corrected chi connectivity index (χ2v) is 5.56. The van der Waals surface area contributed by atoms with Gasteiger partial charge in [0.1, 0.15) is 10.7 Å². The molecule has 0 bridgehead atoms. The van der Waals surface area contributed by atoms with Crippen molar-refractivity contribution in [3.63, 3.8) is 0 Å². The molecular weight excluding hydrogens is 272 g/mol. The first-order valence-corrected chi connectivity index (χ1v) is 6.16. The summed E-state index contributed by atoms with van der Waals surface area (Å²) in [7, 11) is -0.0272. The van der Waals surface area contributed by atoms with Gasteiger partial charge in [0.05, 0.1) is 5.56 Å². The van der Waals surface area contributed by atoms with Crippen molar-refractivity contribution >= 4 is 19.7 Å². The van der Waals surface area contributed by atoms with E-state index in [2.05, 4.69) is 0 Å². The van der Waals surface area contributed by atoms with Crippen LogP contribution in [0.5, 0.6) is 0 Å². The molecule has 16 heavy (non-hydrogen) atoms. The van der Waals surface area contributed by atoms with Crippen LogP contribution in [0, 0.1) is 12.7 Å². The van der Waals surface area contributed by atoms with Gasteiger partial charge in [0.25, 0.3) is 9.05 Å². The molecule has 0 aliphatic rings. The summed E-state index contributed by atoms with van der Waals surface area (Å²) in [6.07, 6.45) is -4.98. The zero-order valence-electron chi connectivity index (χ0n) is 7.77. The number of hydrogen-bond acceptors (Lipinski definition) is 2. The third-order valence-electron chi connectivity index (χ3n) is 1.74. The van der Waals surface area contributed by atoms with E-state index >= 15 is 0 Å². The Bertz CT molecular complexity index is 522. The lowest BCUT2D eigenvalue weighted by Gasteiger charge is -2.12. The average molecular weight is 277 g/mol. The van der Waals surface area contributed by atoms with E-state index in [-0.39, 0.29) is 5.56 Å². The number of halogens is 5. The minimum absolute atomic E-state index is 0.0473. The number of aryl methyl sites for hydroxylation is 1. The van der Waals surface area contributed by atoms with Crippen LogP contribution in [0.3, 0.4) is 0 Å². The number of rotatable bonds is 1. The van der Waals surface area contributed by atoms with Gasteiger partial charge >= 0.3 is 6.18 Å². The number of alkyl halides is 3. The molecular formula is C8H5ClF4O2S. The van der Waals surface area contributed by atoms with Crippen LogP contribution < -0.4 is 0 Å². The first-order valence-electron chi connectivity index (χ1n) is 3.85. The summed E-state index contributed by atoms with van der Waals surface area (Å²) in [6.45, 7) is 1.21. The van der Waals surface area contributed by atoms with E-state index in [0.29, 0.717) is 12.1 Å². The maximum absolute atomic E-state index is 13.2. The SMILES string of the molecule is Cc1cc(F)c(S(=O)(=O)Cl)c(C(F)(F)F)c1. The van der Waals surface area contributed by atoms with Crippen LogP contribution in [-0.2, 0) is 15.2 Å². The molecule has 0 aliphatic heterocycles. The lowest BCUT2D eigenvalue weighted by atomic mass is 10.1. The van der Waals surface area contributed by atoms with Crippen LogP contribution in [-0.4, -0.2) is 8.42 Å². The first kappa shape index (κ1) is 13.2. The molecule has 0 fully saturated rings. The molecule has 0 aliphatic carbocycles. The largest absolute Gasteiger partial charge is 0.417 e. The van der Waals surface area contributed by atoms with Gasteiger partial charge in [-0.25, -0.2) is 12.8 Å². The molecule has 0 aromatic heterocycles. The van der Waals surface area contributed by atoms with Gasteiger partial charge < -0.3 is 0 Å². The van der Waals surface area contributed by atoms with Gasteiger partial charge in [-0.2, -0.15) is 13.2 Å². The molecule has 0 N–H and O–H groups in total. The Labute approximate surface area is 93.3 Å². The molecule has 0 spiro atoms. The quantitative estimate of drug-likeness (QED) is 0.583. The fraction of sp³-hybridized carbons (Fsp3) is 0.250. The van der Waals surface area contributed by atoms with E-state index in [9.17, 15) is 26.0 Å². The highest BCUT2D eigenvalue weighted by molar-refractivity contribution is 8.13. The predicted molar refractivity (Wildman–Crippen MR) is 49.2 cm³/mol. The van der Waals surface area contributed by atoms with Crippen LogP contribution in [0.15, 0.2) is 17.0 Å². The molecule has 0 saturated heterocycles. The molecule has 0 radical (unpaired) electrons. The molecule has 1 rings (SSSR count). The summed E-state index contributed by atoms with van der Waals surface area (Å²) in [5.74, 6) is -1.51. The fourth-order valence-electron chi connectivity index (χ4n) is 1.19. The molecule has 90 valence electrons. The van der Waals surface area contributed by atoms with Gasteiger partial charge in [0.2, 0.25) is 0 Å². The lowest BCUT2D eigenvalue weighted by molar-refractivity contribution is -0.140. The maximum atomic E-state index is 13.2. The van der Waals surface area contributed by atoms with Gasteiger partial charge in [-0.3, -0.25) is 0 Å². The maximum Gasteiger partial charge on any atom is 0.417 e. The van der Waals surface area contributed by atoms with Crippen molar-refractivity contribution in [2.24, 2.45) is 0 Å². The summed E-state index contributed by atoms with van der Waals surface area (Å²) in [5.41, 5.74) is -1.64. The van der Waals surface area contributed by atoms with E-state index in [1.807, 2.05) is 0 Å². The normalized spacial score (nSPS) is 12.9. The Morgan fingerprint density at radius 3 is 2.12 bits per heavy atom. The second kappa shape index (κ2) is 3.89. The van der Waals surface area contributed by atoms with Crippen LogP contribution in [0.25, 0.3) is 0 Å². The van der Waals surface area contributed by atoms with Crippen molar-refractivity contribution in [3.8, 4) is 0 Å². The Kier molecular flexibility index (Phi) is 3.22. The van der Waals surface area contributed by atoms with Crippen molar-refractivity contribution in [1.29, 1.82) is 0 Å². The number of hydrogen-bond donors (Lipinski definition) is 0. The molecule has 1 aromatic rings. The Morgan fingerprint density at radius 2 is 1.75 bits per heavy atom. The minimum Gasteiger partial charge on any atom is -0.207 e. The van der Waals surface area contributed by atoms with E-state index in [1.54, 1.807) is 0 Å². The predicted octanol–water partition coefficient (Wildman–Crippen LogP) is 3.08. The molecule has 8 heteroatoms. The van der Waals surface area contributed by atoms with Crippen molar-refractivity contribution in [2.45, 2.75) is 18.0 Å². The van der Waals surface area contributed by atoms with Gasteiger partial charge in [-0.1, -0.05) is 0 Å². The lowest BCUT2D eigenvalue weighted by Crippen LogP contribution is -2.13. The molecule has 0 amide bonds. The van der Waals surface area contributed by atoms with Crippen LogP contribution in [0.2, 0.25) is 0 Å². The molecule has 2 nitrogen and oxygen atoms in total. The van der Waals surface area contributed by atoms with Crippen molar-refractivity contribution < 1.29 is 26.0 Å². The van der Waals surface area contributed by atoms with Crippen molar-refractivity contribution in [2.75, 3.05) is 0 Å². The van der Waals surface area contributed by atoms with Crippen LogP contribution >= 0.6 is 10.7 Å². The zero-order valence-corrected chi connectivity index (χ0v) is 9.34. The fourth-order valence-corrected chi connectivity index (χ4v) is 2.39. The summed E-state index contributed by atoms with van der Waals surface area (Å²) in [4.78, 5) is -1.53. The van der Waals surface area contributed by atoms with E-state index in [0.717, 1.165) is 0 Å². The summed E-state index contributed by atoms with van der Waals surface area (Å²) < 4.78 is 72.2.